The second-order valence-corrected chi connectivity index (χ2v) is 3.35. The molecule has 0 aliphatic rings. The highest BCUT2D eigenvalue weighted by atomic mass is 19.1. The van der Waals surface area contributed by atoms with Gasteiger partial charge in [0.1, 0.15) is 18.0 Å². The molecule has 1 heterocycles. The molecule has 2 aromatic rings. The number of nitrogens with two attached hydrogens (primary N) is 1. The van der Waals surface area contributed by atoms with Crippen LogP contribution in [0.2, 0.25) is 0 Å². The van der Waals surface area contributed by atoms with Gasteiger partial charge >= 0.3 is 0 Å². The lowest BCUT2D eigenvalue weighted by Gasteiger charge is -2.11. The van der Waals surface area contributed by atoms with Crippen molar-refractivity contribution in [3.63, 3.8) is 0 Å². The third kappa shape index (κ3) is 1.87. The summed E-state index contributed by atoms with van der Waals surface area (Å²) in [6.45, 7) is 1.88. The van der Waals surface area contributed by atoms with Crippen LogP contribution in [-0.2, 0) is 0 Å². The van der Waals surface area contributed by atoms with E-state index in [1.807, 2.05) is 6.92 Å². The lowest BCUT2D eigenvalue weighted by Crippen LogP contribution is -2.15. The van der Waals surface area contributed by atoms with E-state index in [-0.39, 0.29) is 5.82 Å². The van der Waals surface area contributed by atoms with Gasteiger partial charge in [-0.25, -0.2) is 9.37 Å². The number of rotatable bonds is 2. The maximum absolute atomic E-state index is 13.0. The topological polar surface area (TPSA) is 67.6 Å². The summed E-state index contributed by atoms with van der Waals surface area (Å²) in [4.78, 5) is 3.95. The fraction of sp³-hybridized carbons (Fsp3) is 0.200. The van der Waals surface area contributed by atoms with Gasteiger partial charge in [-0.1, -0.05) is 6.07 Å². The largest absolute Gasteiger partial charge is 0.318 e. The fourth-order valence-corrected chi connectivity index (χ4v) is 1.46. The van der Waals surface area contributed by atoms with E-state index in [9.17, 15) is 4.39 Å². The summed E-state index contributed by atoms with van der Waals surface area (Å²) >= 11 is 0. The van der Waals surface area contributed by atoms with Gasteiger partial charge in [0.15, 0.2) is 0 Å². The highest BCUT2D eigenvalue weighted by Crippen LogP contribution is 2.20. The highest BCUT2D eigenvalue weighted by molar-refractivity contribution is 5.32. The second-order valence-electron chi connectivity index (χ2n) is 3.35. The zero-order valence-electron chi connectivity index (χ0n) is 8.24. The molecule has 1 atom stereocenters. The van der Waals surface area contributed by atoms with Crippen molar-refractivity contribution in [1.82, 2.24) is 15.2 Å². The van der Waals surface area contributed by atoms with Gasteiger partial charge in [0, 0.05) is 0 Å². The Morgan fingerprint density at radius 2 is 2.27 bits per heavy atom. The second kappa shape index (κ2) is 3.78. The van der Waals surface area contributed by atoms with Crippen molar-refractivity contribution in [2.45, 2.75) is 13.0 Å². The Morgan fingerprint density at radius 1 is 1.47 bits per heavy atom. The number of halogens is 1. The number of hydrogen-bond donors (Lipinski definition) is 2. The molecule has 0 aliphatic heterocycles. The zero-order chi connectivity index (χ0) is 10.8. The van der Waals surface area contributed by atoms with Gasteiger partial charge < -0.3 is 5.73 Å². The molecule has 0 aliphatic carbocycles. The van der Waals surface area contributed by atoms with Crippen LogP contribution in [0, 0.1) is 12.7 Å². The molecule has 1 aromatic heterocycles. The Morgan fingerprint density at radius 3 is 2.93 bits per heavy atom. The minimum atomic E-state index is -0.469. The van der Waals surface area contributed by atoms with Crippen molar-refractivity contribution in [3.8, 4) is 0 Å². The molecule has 0 radical (unpaired) electrons. The van der Waals surface area contributed by atoms with Gasteiger partial charge in [-0.15, -0.1) is 0 Å². The van der Waals surface area contributed by atoms with Crippen molar-refractivity contribution in [2.24, 2.45) is 5.73 Å². The number of H-pyrrole nitrogens is 1. The number of hydrogen-bond acceptors (Lipinski definition) is 3. The summed E-state index contributed by atoms with van der Waals surface area (Å²) < 4.78 is 13.0. The molecule has 1 unspecified atom stereocenters. The Labute approximate surface area is 86.3 Å². The van der Waals surface area contributed by atoms with Gasteiger partial charge in [0.2, 0.25) is 0 Å². The molecule has 1 aromatic carbocycles. The molecule has 0 spiro atoms. The van der Waals surface area contributed by atoms with Crippen LogP contribution in [0.4, 0.5) is 4.39 Å². The minimum Gasteiger partial charge on any atom is -0.318 e. The third-order valence-corrected chi connectivity index (χ3v) is 2.30. The van der Waals surface area contributed by atoms with Gasteiger partial charge in [-0.05, 0) is 30.2 Å². The smallest absolute Gasteiger partial charge is 0.145 e. The first-order chi connectivity index (χ1) is 7.18. The van der Waals surface area contributed by atoms with E-state index in [0.29, 0.717) is 11.4 Å². The van der Waals surface area contributed by atoms with E-state index in [1.165, 1.54) is 18.5 Å². The van der Waals surface area contributed by atoms with Gasteiger partial charge in [0.05, 0.1) is 6.04 Å². The van der Waals surface area contributed by atoms with Crippen molar-refractivity contribution >= 4 is 0 Å². The van der Waals surface area contributed by atoms with Crippen LogP contribution in [0.25, 0.3) is 0 Å². The molecule has 0 bridgehead atoms. The number of nitrogens with zero attached hydrogens (tertiary/aromatic N) is 2. The first-order valence-electron chi connectivity index (χ1n) is 4.55. The van der Waals surface area contributed by atoms with Crippen LogP contribution in [0.1, 0.15) is 23.0 Å². The predicted octanol–water partition coefficient (Wildman–Crippen LogP) is 1.30. The number of aromatic amines is 1. The van der Waals surface area contributed by atoms with Crippen LogP contribution in [0.15, 0.2) is 24.5 Å². The molecule has 78 valence electrons. The van der Waals surface area contributed by atoms with Gasteiger partial charge in [-0.2, -0.15) is 5.10 Å². The summed E-state index contributed by atoms with van der Waals surface area (Å²) in [5, 5.41) is 6.38. The monoisotopic (exact) mass is 206 g/mol. The van der Waals surface area contributed by atoms with Crippen LogP contribution in [-0.4, -0.2) is 15.2 Å². The SMILES string of the molecule is Cc1ccc(F)cc1C(N)c1ncn[nH]1. The number of aryl methyl sites for hydroxylation is 1. The lowest BCUT2D eigenvalue weighted by atomic mass is 10.0. The molecule has 0 fully saturated rings. The molecule has 0 saturated carbocycles. The van der Waals surface area contributed by atoms with Gasteiger partial charge in [0.25, 0.3) is 0 Å². The number of aromatic nitrogens is 3. The average molecular weight is 206 g/mol. The molecule has 2 rings (SSSR count). The van der Waals surface area contributed by atoms with E-state index in [4.69, 9.17) is 5.73 Å². The van der Waals surface area contributed by atoms with Crippen LogP contribution in [0.3, 0.4) is 0 Å². The van der Waals surface area contributed by atoms with Gasteiger partial charge in [-0.3, -0.25) is 5.10 Å². The van der Waals surface area contributed by atoms with Crippen molar-refractivity contribution < 1.29 is 4.39 Å². The summed E-state index contributed by atoms with van der Waals surface area (Å²) in [6.07, 6.45) is 1.38. The third-order valence-electron chi connectivity index (χ3n) is 2.30. The first-order valence-corrected chi connectivity index (χ1v) is 4.55. The predicted molar refractivity (Wildman–Crippen MR) is 53.6 cm³/mol. The normalized spacial score (nSPS) is 12.7. The summed E-state index contributed by atoms with van der Waals surface area (Å²) in [6, 6.07) is 4.05. The Hall–Kier alpha value is -1.75. The van der Waals surface area contributed by atoms with Crippen LogP contribution < -0.4 is 5.73 Å². The molecule has 3 N–H and O–H groups in total. The Balaban J connectivity index is 2.41. The van der Waals surface area contributed by atoms with E-state index in [2.05, 4.69) is 15.2 Å². The fourth-order valence-electron chi connectivity index (χ4n) is 1.46. The summed E-state index contributed by atoms with van der Waals surface area (Å²) in [7, 11) is 0. The number of benzene rings is 1. The van der Waals surface area contributed by atoms with Crippen molar-refractivity contribution in [2.75, 3.05) is 0 Å². The summed E-state index contributed by atoms with van der Waals surface area (Å²) in [5.41, 5.74) is 7.58. The lowest BCUT2D eigenvalue weighted by molar-refractivity contribution is 0.621. The molecule has 0 saturated heterocycles. The van der Waals surface area contributed by atoms with Crippen LogP contribution >= 0.6 is 0 Å². The molecule has 5 heteroatoms. The molecular weight excluding hydrogens is 195 g/mol. The average Bonchev–Trinajstić information content (AvgIpc) is 2.74. The maximum atomic E-state index is 13.0. The van der Waals surface area contributed by atoms with E-state index >= 15 is 0 Å². The van der Waals surface area contributed by atoms with Crippen molar-refractivity contribution in [3.05, 3.63) is 47.3 Å². The molecule has 4 nitrogen and oxygen atoms in total. The summed E-state index contributed by atoms with van der Waals surface area (Å²) in [5.74, 6) is 0.231. The molecule has 0 amide bonds. The minimum absolute atomic E-state index is 0.300. The quantitative estimate of drug-likeness (QED) is 0.778. The van der Waals surface area contributed by atoms with E-state index in [1.54, 1.807) is 6.07 Å². The first kappa shape index (κ1) is 9.79. The Bertz CT molecular complexity index is 452. The van der Waals surface area contributed by atoms with E-state index in [0.717, 1.165) is 5.56 Å². The maximum Gasteiger partial charge on any atom is 0.145 e. The Kier molecular flexibility index (Phi) is 2.47. The molecular formula is C10H11FN4. The zero-order valence-corrected chi connectivity index (χ0v) is 8.24. The van der Waals surface area contributed by atoms with Crippen LogP contribution in [0.5, 0.6) is 0 Å². The standard InChI is InChI=1S/C10H11FN4/c1-6-2-3-7(11)4-8(6)9(12)10-13-5-14-15-10/h2-5,9H,12H2,1H3,(H,13,14,15). The number of nitrogens with one attached hydrogen (secondary N) is 1. The highest BCUT2D eigenvalue weighted by Gasteiger charge is 2.14. The van der Waals surface area contributed by atoms with E-state index < -0.39 is 6.04 Å². The van der Waals surface area contributed by atoms with Crippen molar-refractivity contribution in [1.29, 1.82) is 0 Å². The molecule has 15 heavy (non-hydrogen) atoms.